The van der Waals surface area contributed by atoms with Gasteiger partial charge in [0.05, 0.1) is 35.3 Å². The van der Waals surface area contributed by atoms with E-state index in [0.717, 1.165) is 17.7 Å². The zero-order chi connectivity index (χ0) is 22.4. The van der Waals surface area contributed by atoms with Crippen LogP contribution in [0.3, 0.4) is 0 Å². The maximum absolute atomic E-state index is 14.0. The maximum atomic E-state index is 14.0. The highest BCUT2D eigenvalue weighted by atomic mass is 35.5. The molecule has 0 unspecified atom stereocenters. The second kappa shape index (κ2) is 6.70. The van der Waals surface area contributed by atoms with Crippen LogP contribution in [0.5, 0.6) is 5.75 Å². The van der Waals surface area contributed by atoms with Gasteiger partial charge in [-0.25, -0.2) is 4.90 Å². The molecule has 0 radical (unpaired) electrons. The van der Waals surface area contributed by atoms with Crippen molar-refractivity contribution in [3.05, 3.63) is 52.0 Å². The van der Waals surface area contributed by atoms with E-state index in [4.69, 9.17) is 27.9 Å². The molecule has 3 saturated heterocycles. The molecule has 164 valence electrons. The first-order chi connectivity index (χ1) is 15.4. The lowest BCUT2D eigenvalue weighted by Gasteiger charge is -2.36. The summed E-state index contributed by atoms with van der Waals surface area (Å²) < 4.78 is 5.42. The average Bonchev–Trinajstić information content (AvgIpc) is 3.47. The fourth-order valence-electron chi connectivity index (χ4n) is 6.27. The monoisotopic (exact) mass is 471 g/mol. The van der Waals surface area contributed by atoms with Gasteiger partial charge in [0.15, 0.2) is 0 Å². The third-order valence-corrected chi connectivity index (χ3v) is 7.91. The first-order valence-corrected chi connectivity index (χ1v) is 11.3. The van der Waals surface area contributed by atoms with Crippen LogP contribution in [-0.2, 0) is 19.9 Å². The summed E-state index contributed by atoms with van der Waals surface area (Å²) in [5.41, 5.74) is 0.216. The van der Waals surface area contributed by atoms with Crippen molar-refractivity contribution in [2.45, 2.75) is 24.4 Å². The van der Waals surface area contributed by atoms with Crippen LogP contribution < -0.4 is 15.0 Å². The van der Waals surface area contributed by atoms with Crippen molar-refractivity contribution in [2.24, 2.45) is 11.8 Å². The number of hydrogen-bond donors (Lipinski definition) is 1. The lowest BCUT2D eigenvalue weighted by atomic mass is 9.75. The molecule has 3 amide bonds. The Morgan fingerprint density at radius 2 is 1.94 bits per heavy atom. The van der Waals surface area contributed by atoms with Crippen LogP contribution in [0.25, 0.3) is 0 Å². The molecule has 0 aliphatic carbocycles. The van der Waals surface area contributed by atoms with Crippen molar-refractivity contribution in [3.63, 3.8) is 0 Å². The molecule has 4 aliphatic rings. The van der Waals surface area contributed by atoms with Gasteiger partial charge in [-0.3, -0.25) is 19.3 Å². The zero-order valence-corrected chi connectivity index (χ0v) is 18.6. The van der Waals surface area contributed by atoms with E-state index in [0.29, 0.717) is 39.3 Å². The van der Waals surface area contributed by atoms with E-state index in [1.807, 2.05) is 6.07 Å². The predicted octanol–water partition coefficient (Wildman–Crippen LogP) is 3.43. The van der Waals surface area contributed by atoms with Gasteiger partial charge in [0.2, 0.25) is 11.8 Å². The predicted molar refractivity (Wildman–Crippen MR) is 119 cm³/mol. The van der Waals surface area contributed by atoms with Crippen molar-refractivity contribution < 1.29 is 19.1 Å². The number of anilines is 2. The third-order valence-electron chi connectivity index (χ3n) is 7.36. The lowest BCUT2D eigenvalue weighted by molar-refractivity contribution is -0.135. The molecule has 9 heteroatoms. The van der Waals surface area contributed by atoms with Crippen molar-refractivity contribution in [1.82, 2.24) is 4.90 Å². The van der Waals surface area contributed by atoms with Gasteiger partial charge in [-0.1, -0.05) is 35.3 Å². The van der Waals surface area contributed by atoms with E-state index in [9.17, 15) is 14.4 Å². The van der Waals surface area contributed by atoms with Gasteiger partial charge >= 0.3 is 0 Å². The molecule has 0 saturated carbocycles. The summed E-state index contributed by atoms with van der Waals surface area (Å²) in [6.45, 7) is 0.637. The highest BCUT2D eigenvalue weighted by Gasteiger charge is 2.74. The van der Waals surface area contributed by atoms with Crippen LogP contribution in [0.15, 0.2) is 36.4 Å². The number of nitrogens with zero attached hydrogens (tertiary/aromatic N) is 2. The summed E-state index contributed by atoms with van der Waals surface area (Å²) in [4.78, 5) is 44.6. The number of nitrogens with one attached hydrogen (secondary N) is 1. The van der Waals surface area contributed by atoms with Crippen molar-refractivity contribution >= 4 is 52.3 Å². The summed E-state index contributed by atoms with van der Waals surface area (Å²) in [5.74, 6) is -2.17. The smallest absolute Gasteiger partial charge is 0.250 e. The second-order valence-electron chi connectivity index (χ2n) is 8.62. The normalized spacial score (nSPS) is 30.7. The molecule has 2 aromatic rings. The number of halogens is 2. The van der Waals surface area contributed by atoms with Crippen LogP contribution in [0.1, 0.15) is 18.4 Å². The van der Waals surface area contributed by atoms with E-state index in [-0.39, 0.29) is 17.9 Å². The van der Waals surface area contributed by atoms with Crippen LogP contribution >= 0.6 is 23.2 Å². The summed E-state index contributed by atoms with van der Waals surface area (Å²) in [6, 6.07) is 9.92. The highest BCUT2D eigenvalue weighted by molar-refractivity contribution is 6.35. The number of para-hydroxylation sites is 1. The van der Waals surface area contributed by atoms with Gasteiger partial charge in [0.25, 0.3) is 5.91 Å². The first-order valence-electron chi connectivity index (χ1n) is 10.5. The standard InChI is InChI=1S/C23H19Cl2N3O4/c1-32-16-8-7-11(24)10-15(16)28-20(29)17-14-6-3-9-27(14)23(18(17)21(28)30)12-4-2-5-13(25)19(12)26-22(23)31/h2,4-5,7-8,10,14,17-18H,3,6,9H2,1H3,(H,26,31)/t14-,17+,18-,23-/m0/s1. The Balaban J connectivity index is 1.57. The molecule has 0 aromatic heterocycles. The van der Waals surface area contributed by atoms with Gasteiger partial charge in [-0.15, -0.1) is 0 Å². The molecule has 1 spiro atoms. The van der Waals surface area contributed by atoms with Crippen LogP contribution in [-0.4, -0.2) is 42.3 Å². The summed E-state index contributed by atoms with van der Waals surface area (Å²) in [5, 5.41) is 3.70. The minimum Gasteiger partial charge on any atom is -0.495 e. The number of hydrogen-bond acceptors (Lipinski definition) is 5. The Morgan fingerprint density at radius 1 is 1.12 bits per heavy atom. The third kappa shape index (κ3) is 2.23. The quantitative estimate of drug-likeness (QED) is 0.678. The molecule has 4 atom stereocenters. The number of amides is 3. The van der Waals surface area contributed by atoms with Crippen molar-refractivity contribution in [3.8, 4) is 5.75 Å². The van der Waals surface area contributed by atoms with Crippen LogP contribution in [0.2, 0.25) is 10.0 Å². The number of carbonyl (C=O) groups excluding carboxylic acids is 3. The number of methoxy groups -OCH3 is 1. The van der Waals surface area contributed by atoms with Gasteiger partial charge in [-0.05, 0) is 43.7 Å². The van der Waals surface area contributed by atoms with Gasteiger partial charge < -0.3 is 10.1 Å². The van der Waals surface area contributed by atoms with E-state index >= 15 is 0 Å². The maximum Gasteiger partial charge on any atom is 0.250 e. The fraction of sp³-hybridized carbons (Fsp3) is 0.348. The Labute approximate surface area is 194 Å². The zero-order valence-electron chi connectivity index (χ0n) is 17.1. The average molecular weight is 472 g/mol. The molecule has 32 heavy (non-hydrogen) atoms. The van der Waals surface area contributed by atoms with Gasteiger partial charge in [0, 0.05) is 16.6 Å². The Kier molecular flexibility index (Phi) is 4.19. The number of ether oxygens (including phenoxy) is 1. The van der Waals surface area contributed by atoms with Crippen LogP contribution in [0, 0.1) is 11.8 Å². The molecule has 0 bridgehead atoms. The number of rotatable bonds is 2. The van der Waals surface area contributed by atoms with Gasteiger partial charge in [0.1, 0.15) is 11.3 Å². The minimum absolute atomic E-state index is 0.206. The number of benzene rings is 2. The number of fused-ring (bicyclic) bond motifs is 7. The molecule has 1 N–H and O–H groups in total. The molecular formula is C23H19Cl2N3O4. The molecular weight excluding hydrogens is 453 g/mol. The fourth-order valence-corrected chi connectivity index (χ4v) is 6.66. The summed E-state index contributed by atoms with van der Waals surface area (Å²) >= 11 is 12.6. The molecule has 3 fully saturated rings. The number of imide groups is 1. The molecule has 2 aromatic carbocycles. The van der Waals surface area contributed by atoms with E-state index in [1.54, 1.807) is 30.3 Å². The Morgan fingerprint density at radius 3 is 2.72 bits per heavy atom. The largest absolute Gasteiger partial charge is 0.495 e. The van der Waals surface area contributed by atoms with Crippen molar-refractivity contribution in [1.29, 1.82) is 0 Å². The molecule has 4 aliphatic heterocycles. The molecule has 4 heterocycles. The first kappa shape index (κ1) is 20.0. The Hall–Kier alpha value is -2.61. The van der Waals surface area contributed by atoms with Crippen LogP contribution in [0.4, 0.5) is 11.4 Å². The van der Waals surface area contributed by atoms with E-state index in [2.05, 4.69) is 10.2 Å². The molecule has 6 rings (SSSR count). The van der Waals surface area contributed by atoms with E-state index in [1.165, 1.54) is 7.11 Å². The topological polar surface area (TPSA) is 78.9 Å². The Bertz CT molecular complexity index is 1220. The SMILES string of the molecule is COc1ccc(Cl)cc1N1C(=O)[C@H]2[C@@H](C1=O)[C@@]1(C(=O)Nc3c(Cl)cccc31)N1CCC[C@@H]21. The number of carbonyl (C=O) groups is 3. The molecule has 7 nitrogen and oxygen atoms in total. The minimum atomic E-state index is -1.26. The highest BCUT2D eigenvalue weighted by Crippen LogP contribution is 2.61. The van der Waals surface area contributed by atoms with Gasteiger partial charge in [-0.2, -0.15) is 0 Å². The lowest BCUT2D eigenvalue weighted by Crippen LogP contribution is -2.54. The summed E-state index contributed by atoms with van der Waals surface area (Å²) in [6.07, 6.45) is 1.59. The van der Waals surface area contributed by atoms with E-state index < -0.39 is 23.3 Å². The summed E-state index contributed by atoms with van der Waals surface area (Å²) in [7, 11) is 1.47. The van der Waals surface area contributed by atoms with Crippen molar-refractivity contribution in [2.75, 3.05) is 23.9 Å². The second-order valence-corrected chi connectivity index (χ2v) is 9.46.